The molecule has 0 aliphatic rings. The second-order valence-corrected chi connectivity index (χ2v) is 7.14. The number of allylic oxidation sites excluding steroid dienone is 2. The number of halogens is 1. The minimum Gasteiger partial charge on any atom is -0.407 e. The Morgan fingerprint density at radius 2 is 1.81 bits per heavy atom. The van der Waals surface area contributed by atoms with Crippen LogP contribution in [0.4, 0.5) is 0 Å². The first-order valence-corrected chi connectivity index (χ1v) is 9.29. The molecule has 1 aromatic heterocycles. The third-order valence-electron chi connectivity index (χ3n) is 4.50. The summed E-state index contributed by atoms with van der Waals surface area (Å²) in [6, 6.07) is 3.43. The summed E-state index contributed by atoms with van der Waals surface area (Å²) >= 11 is 6.41. The Hall–Kier alpha value is -2.40. The van der Waals surface area contributed by atoms with Crippen molar-refractivity contribution in [3.8, 4) is 5.88 Å². The summed E-state index contributed by atoms with van der Waals surface area (Å²) < 4.78 is 6.84. The maximum absolute atomic E-state index is 13.2. The van der Waals surface area contributed by atoms with E-state index in [4.69, 9.17) is 16.3 Å². The lowest BCUT2D eigenvalue weighted by Crippen LogP contribution is -2.13. The van der Waals surface area contributed by atoms with Crippen LogP contribution in [-0.2, 0) is 11.3 Å². The molecule has 2 aromatic rings. The molecule has 2 rings (SSSR count). The third-order valence-corrected chi connectivity index (χ3v) is 4.81. The van der Waals surface area contributed by atoms with Crippen LogP contribution in [0, 0.1) is 6.92 Å². The van der Waals surface area contributed by atoms with Crippen molar-refractivity contribution in [1.82, 2.24) is 9.78 Å². The van der Waals surface area contributed by atoms with E-state index in [1.807, 2.05) is 34.6 Å². The topological polar surface area (TPSA) is 61.2 Å². The van der Waals surface area contributed by atoms with Crippen LogP contribution in [0.1, 0.15) is 68.1 Å². The molecule has 0 fully saturated rings. The van der Waals surface area contributed by atoms with Gasteiger partial charge >= 0.3 is 5.97 Å². The van der Waals surface area contributed by atoms with E-state index >= 15 is 0 Å². The van der Waals surface area contributed by atoms with E-state index < -0.39 is 5.97 Å². The smallest absolute Gasteiger partial charge is 0.309 e. The summed E-state index contributed by atoms with van der Waals surface area (Å²) in [5.74, 6) is -0.550. The van der Waals surface area contributed by atoms with Crippen LogP contribution in [-0.4, -0.2) is 21.5 Å². The zero-order valence-electron chi connectivity index (χ0n) is 16.6. The molecule has 6 heteroatoms. The van der Waals surface area contributed by atoms with Crippen LogP contribution in [0.5, 0.6) is 5.88 Å². The molecular formula is C21H25ClN2O3. The van der Waals surface area contributed by atoms with Crippen molar-refractivity contribution in [1.29, 1.82) is 0 Å². The molecule has 144 valence electrons. The van der Waals surface area contributed by atoms with Crippen LogP contribution in [0.15, 0.2) is 23.9 Å². The number of hydrogen-bond donors (Lipinski definition) is 0. The van der Waals surface area contributed by atoms with E-state index in [-0.39, 0.29) is 17.2 Å². The lowest BCUT2D eigenvalue weighted by atomic mass is 9.92. The normalized spacial score (nSPS) is 10.6. The minimum absolute atomic E-state index is 0.184. The van der Waals surface area contributed by atoms with E-state index in [1.54, 1.807) is 16.8 Å². The second kappa shape index (κ2) is 8.53. The molecule has 27 heavy (non-hydrogen) atoms. The number of aryl methyl sites for hydroxylation is 1. The predicted molar refractivity (Wildman–Crippen MR) is 107 cm³/mol. The molecule has 0 radical (unpaired) electrons. The van der Waals surface area contributed by atoms with E-state index in [1.165, 1.54) is 13.1 Å². The summed E-state index contributed by atoms with van der Waals surface area (Å²) in [4.78, 5) is 24.7. The summed E-state index contributed by atoms with van der Waals surface area (Å²) in [7, 11) is 0. The van der Waals surface area contributed by atoms with Gasteiger partial charge in [0.15, 0.2) is 5.78 Å². The average molecular weight is 389 g/mol. The molecule has 0 N–H and O–H groups in total. The number of hydrogen-bond acceptors (Lipinski definition) is 4. The third kappa shape index (κ3) is 4.30. The molecule has 0 atom stereocenters. The molecule has 1 heterocycles. The Morgan fingerprint density at radius 3 is 2.37 bits per heavy atom. The number of carbonyl (C=O) groups excluding carboxylic acids is 2. The number of nitrogens with zero attached hydrogens (tertiary/aromatic N) is 2. The lowest BCUT2D eigenvalue weighted by Gasteiger charge is -2.15. The first kappa shape index (κ1) is 20.9. The lowest BCUT2D eigenvalue weighted by molar-refractivity contribution is -0.132. The van der Waals surface area contributed by atoms with Crippen molar-refractivity contribution in [3.63, 3.8) is 0 Å². The summed E-state index contributed by atoms with van der Waals surface area (Å²) in [5.41, 5.74) is 4.60. The van der Waals surface area contributed by atoms with Gasteiger partial charge in [0.2, 0.25) is 5.88 Å². The van der Waals surface area contributed by atoms with Gasteiger partial charge in [-0.25, -0.2) is 4.68 Å². The van der Waals surface area contributed by atoms with Crippen molar-refractivity contribution in [3.05, 3.63) is 51.2 Å². The van der Waals surface area contributed by atoms with Crippen molar-refractivity contribution >= 4 is 28.9 Å². The molecule has 0 saturated carbocycles. The standard InChI is InChI=1S/C21H25ClN2O3/c1-7-10-24-21(27-15(6)25)17(11-23-24)20(26)16-8-9-18(22)19(14(16)5)13(4)12(2)3/h8-9,11H,7,10H2,1-6H3. The average Bonchev–Trinajstić information content (AvgIpc) is 2.96. The molecule has 1 aromatic carbocycles. The summed E-state index contributed by atoms with van der Waals surface area (Å²) in [6.45, 7) is 11.7. The van der Waals surface area contributed by atoms with Gasteiger partial charge in [0.1, 0.15) is 5.56 Å². The highest BCUT2D eigenvalue weighted by atomic mass is 35.5. The number of benzene rings is 1. The Labute approximate surface area is 165 Å². The number of ketones is 1. The van der Waals surface area contributed by atoms with Crippen molar-refractivity contribution in [2.75, 3.05) is 0 Å². The van der Waals surface area contributed by atoms with Gasteiger partial charge in [-0.05, 0) is 62.9 Å². The van der Waals surface area contributed by atoms with Gasteiger partial charge < -0.3 is 4.74 Å². The van der Waals surface area contributed by atoms with Gasteiger partial charge in [0, 0.05) is 24.1 Å². The fourth-order valence-corrected chi connectivity index (χ4v) is 3.27. The maximum atomic E-state index is 13.2. The quantitative estimate of drug-likeness (QED) is 0.502. The van der Waals surface area contributed by atoms with Crippen molar-refractivity contribution < 1.29 is 14.3 Å². The highest BCUT2D eigenvalue weighted by Crippen LogP contribution is 2.33. The Morgan fingerprint density at radius 1 is 1.15 bits per heavy atom. The van der Waals surface area contributed by atoms with E-state index in [0.29, 0.717) is 17.1 Å². The monoisotopic (exact) mass is 388 g/mol. The molecule has 0 bridgehead atoms. The van der Waals surface area contributed by atoms with Crippen molar-refractivity contribution in [2.24, 2.45) is 0 Å². The molecule has 0 aliphatic heterocycles. The fraction of sp³-hybridized carbons (Fsp3) is 0.381. The maximum Gasteiger partial charge on any atom is 0.309 e. The molecule has 0 aliphatic carbocycles. The SMILES string of the molecule is CCCn1ncc(C(=O)c2ccc(Cl)c(C(C)=C(C)C)c2C)c1OC(C)=O. The molecule has 0 amide bonds. The van der Waals surface area contributed by atoms with Crippen LogP contribution >= 0.6 is 11.6 Å². The second-order valence-electron chi connectivity index (χ2n) is 6.73. The number of esters is 1. The van der Waals surface area contributed by atoms with Crippen LogP contribution in [0.2, 0.25) is 5.02 Å². The van der Waals surface area contributed by atoms with Gasteiger partial charge in [-0.1, -0.05) is 24.1 Å². The zero-order chi connectivity index (χ0) is 20.3. The molecule has 0 saturated heterocycles. The first-order chi connectivity index (χ1) is 12.7. The Kier molecular flexibility index (Phi) is 6.60. The Bertz CT molecular complexity index is 922. The molecule has 0 unspecified atom stereocenters. The zero-order valence-corrected chi connectivity index (χ0v) is 17.4. The van der Waals surface area contributed by atoms with E-state index in [9.17, 15) is 9.59 Å². The number of rotatable bonds is 6. The van der Waals surface area contributed by atoms with Crippen molar-refractivity contribution in [2.45, 2.75) is 54.5 Å². The molecule has 0 spiro atoms. The van der Waals surface area contributed by atoms with Crippen LogP contribution in [0.3, 0.4) is 0 Å². The predicted octanol–water partition coefficient (Wildman–Crippen LogP) is 5.22. The van der Waals surface area contributed by atoms with Gasteiger partial charge in [0.25, 0.3) is 0 Å². The fourth-order valence-electron chi connectivity index (χ4n) is 2.92. The minimum atomic E-state index is -0.490. The number of aromatic nitrogens is 2. The van der Waals surface area contributed by atoms with Crippen LogP contribution < -0.4 is 4.74 Å². The largest absolute Gasteiger partial charge is 0.407 e. The summed E-state index contributed by atoms with van der Waals surface area (Å²) in [5, 5.41) is 4.82. The van der Waals surface area contributed by atoms with Gasteiger partial charge in [-0.15, -0.1) is 0 Å². The molecule has 5 nitrogen and oxygen atoms in total. The number of ether oxygens (including phenoxy) is 1. The highest BCUT2D eigenvalue weighted by molar-refractivity contribution is 6.32. The molecular weight excluding hydrogens is 364 g/mol. The number of carbonyl (C=O) groups is 2. The van der Waals surface area contributed by atoms with Gasteiger partial charge in [-0.2, -0.15) is 5.10 Å². The highest BCUT2D eigenvalue weighted by Gasteiger charge is 2.24. The van der Waals surface area contributed by atoms with E-state index in [0.717, 1.165) is 28.7 Å². The first-order valence-electron chi connectivity index (χ1n) is 8.91. The Balaban J connectivity index is 2.61. The van der Waals surface area contributed by atoms with Gasteiger partial charge in [0.05, 0.1) is 6.20 Å². The van der Waals surface area contributed by atoms with E-state index in [2.05, 4.69) is 5.10 Å². The van der Waals surface area contributed by atoms with Crippen LogP contribution in [0.25, 0.3) is 5.57 Å². The van der Waals surface area contributed by atoms with Gasteiger partial charge in [-0.3, -0.25) is 9.59 Å². The summed E-state index contributed by atoms with van der Waals surface area (Å²) in [6.07, 6.45) is 2.26.